The van der Waals surface area contributed by atoms with Crippen molar-refractivity contribution >= 4 is 51.3 Å². The average Bonchev–Trinajstić information content (AvgIpc) is 2.20. The molecule has 0 heterocycles. The van der Waals surface area contributed by atoms with Crippen molar-refractivity contribution in [3.8, 4) is 0 Å². The fourth-order valence-electron chi connectivity index (χ4n) is 0.637. The molecule has 0 nitrogen and oxygen atoms in total. The fraction of sp³-hybridized carbons (Fsp3) is 0.200. The van der Waals surface area contributed by atoms with Crippen LogP contribution in [0.2, 0.25) is 0 Å². The summed E-state index contributed by atoms with van der Waals surface area (Å²) in [6.45, 7) is -0.194. The van der Waals surface area contributed by atoms with Gasteiger partial charge in [0.2, 0.25) is 0 Å². The highest BCUT2D eigenvalue weighted by molar-refractivity contribution is 14.1. The van der Waals surface area contributed by atoms with E-state index in [1.807, 2.05) is 44.9 Å². The highest BCUT2D eigenvalue weighted by atomic mass is 127. The molecular formula is C10H11FI2. The van der Waals surface area contributed by atoms with Gasteiger partial charge in [-0.15, -0.1) is 0 Å². The van der Waals surface area contributed by atoms with E-state index in [4.69, 9.17) is 0 Å². The van der Waals surface area contributed by atoms with Gasteiger partial charge in [-0.1, -0.05) is 75.5 Å². The number of rotatable bonds is 2. The second-order valence-electron chi connectivity index (χ2n) is 2.08. The quantitative estimate of drug-likeness (QED) is 0.504. The Morgan fingerprint density at radius 2 is 1.77 bits per heavy atom. The van der Waals surface area contributed by atoms with Crippen LogP contribution in [-0.4, -0.2) is 11.1 Å². The maximum Gasteiger partial charge on any atom is 0.0983 e. The molecule has 0 radical (unpaired) electrons. The van der Waals surface area contributed by atoms with Gasteiger partial charge in [0.25, 0.3) is 0 Å². The van der Waals surface area contributed by atoms with Crippen LogP contribution in [0.3, 0.4) is 0 Å². The van der Waals surface area contributed by atoms with Gasteiger partial charge in [0.15, 0.2) is 0 Å². The van der Waals surface area contributed by atoms with Crippen LogP contribution in [0.25, 0.3) is 6.08 Å². The summed E-state index contributed by atoms with van der Waals surface area (Å²) < 4.78 is 13.3. The number of benzene rings is 1. The number of hydrogen-bond acceptors (Lipinski definition) is 0. The molecule has 0 aliphatic rings. The molecule has 0 aromatic heterocycles. The Morgan fingerprint density at radius 1 is 1.23 bits per heavy atom. The van der Waals surface area contributed by atoms with Crippen molar-refractivity contribution in [2.45, 2.75) is 0 Å². The van der Waals surface area contributed by atoms with E-state index in [1.165, 1.54) is 5.56 Å². The van der Waals surface area contributed by atoms with Gasteiger partial charge in [-0.2, -0.15) is 0 Å². The van der Waals surface area contributed by atoms with Gasteiger partial charge in [0.1, 0.15) is 0 Å². The molecular weight excluding hydrogens is 393 g/mol. The topological polar surface area (TPSA) is 0 Å². The summed E-state index contributed by atoms with van der Waals surface area (Å²) in [5.41, 5.74) is 1.26. The smallest absolute Gasteiger partial charge is 0.0983 e. The molecule has 0 atom stereocenters. The Hall–Kier alpha value is 0.350. The van der Waals surface area contributed by atoms with Crippen molar-refractivity contribution in [2.24, 2.45) is 0 Å². The minimum absolute atomic E-state index is 0.194. The van der Waals surface area contributed by atoms with Crippen molar-refractivity contribution in [3.63, 3.8) is 0 Å². The van der Waals surface area contributed by atoms with E-state index in [-0.39, 0.29) is 6.67 Å². The molecule has 72 valence electrons. The molecule has 1 rings (SSSR count). The van der Waals surface area contributed by atoms with Crippen LogP contribution in [0.1, 0.15) is 5.56 Å². The number of hydrogen-bond donors (Lipinski definition) is 0. The molecule has 0 aliphatic heterocycles. The molecule has 1 aromatic rings. The van der Waals surface area contributed by atoms with Crippen LogP contribution in [0.15, 0.2) is 34.4 Å². The Balaban J connectivity index is 0.000000310. The molecule has 13 heavy (non-hydrogen) atoms. The minimum atomic E-state index is -0.194. The van der Waals surface area contributed by atoms with Gasteiger partial charge in [-0.3, -0.25) is 4.39 Å². The first-order valence-electron chi connectivity index (χ1n) is 3.79. The van der Waals surface area contributed by atoms with Gasteiger partial charge < -0.3 is 0 Å². The van der Waals surface area contributed by atoms with Crippen molar-refractivity contribution in [1.29, 1.82) is 0 Å². The average molecular weight is 404 g/mol. The lowest BCUT2D eigenvalue weighted by Crippen LogP contribution is -1.64. The number of alkyl halides is 2. The summed E-state index contributed by atoms with van der Waals surface area (Å²) in [5.74, 6) is 0. The molecule has 0 bridgehead atoms. The predicted octanol–water partition coefficient (Wildman–Crippen LogP) is 4.48. The first-order chi connectivity index (χ1) is 6.35. The third-order valence-corrected chi connectivity index (χ3v) is 1.89. The Bertz CT molecular complexity index is 220. The monoisotopic (exact) mass is 404 g/mol. The van der Waals surface area contributed by atoms with E-state index >= 15 is 0 Å². The van der Waals surface area contributed by atoms with Crippen molar-refractivity contribution in [2.75, 3.05) is 11.1 Å². The summed E-state index contributed by atoms with van der Waals surface area (Å²) >= 11 is 4.19. The maximum atomic E-state index is 10.7. The molecule has 0 saturated heterocycles. The highest BCUT2D eigenvalue weighted by Crippen LogP contribution is 2.01. The van der Waals surface area contributed by atoms with Crippen molar-refractivity contribution < 1.29 is 4.39 Å². The molecule has 0 amide bonds. The zero-order chi connectivity index (χ0) is 9.94. The van der Waals surface area contributed by atoms with Gasteiger partial charge >= 0.3 is 0 Å². The first-order valence-corrected chi connectivity index (χ1v) is 6.56. The Kier molecular flexibility index (Phi) is 10.7. The summed E-state index contributed by atoms with van der Waals surface area (Å²) in [4.78, 5) is 0. The normalized spacial score (nSPS) is 9.46. The van der Waals surface area contributed by atoms with E-state index < -0.39 is 0 Å². The van der Waals surface area contributed by atoms with Crippen LogP contribution in [0.4, 0.5) is 4.39 Å². The lowest BCUT2D eigenvalue weighted by molar-refractivity contribution is 0.537. The maximum absolute atomic E-state index is 10.7. The zero-order valence-electron chi connectivity index (χ0n) is 7.09. The second-order valence-corrected chi connectivity index (χ2v) is 3.88. The largest absolute Gasteiger partial charge is 0.250 e. The summed E-state index contributed by atoms with van der Waals surface area (Å²) in [6.07, 6.45) is 2.07. The van der Waals surface area contributed by atoms with E-state index in [0.717, 1.165) is 0 Å². The molecule has 0 aliphatic carbocycles. The molecule has 0 N–H and O–H groups in total. The molecule has 0 saturated carbocycles. The Morgan fingerprint density at radius 3 is 2.15 bits per heavy atom. The first kappa shape index (κ1) is 13.4. The van der Waals surface area contributed by atoms with E-state index in [9.17, 15) is 4.39 Å². The lowest BCUT2D eigenvalue weighted by atomic mass is 10.2. The summed E-state index contributed by atoms with van der Waals surface area (Å²) in [6, 6.07) is 10.2. The minimum Gasteiger partial charge on any atom is -0.250 e. The van der Waals surface area contributed by atoms with Gasteiger partial charge in [-0.25, -0.2) is 0 Å². The summed E-state index contributed by atoms with van der Waals surface area (Å²) in [5, 5.41) is 0. The van der Waals surface area contributed by atoms with Gasteiger partial charge in [0, 0.05) is 4.43 Å². The molecule has 0 unspecified atom stereocenters. The third-order valence-electron chi connectivity index (χ3n) is 1.13. The third kappa shape index (κ3) is 8.67. The van der Waals surface area contributed by atoms with Gasteiger partial charge in [-0.05, 0) is 15.7 Å². The summed E-state index contributed by atoms with van der Waals surface area (Å²) in [7, 11) is 0. The standard InChI is InChI=1S/C8H7I.C2H4FI/c9-7-6-8-4-2-1-3-5-8;3-1-2-4/h1-7H;1-2H2. The van der Waals surface area contributed by atoms with Crippen molar-refractivity contribution in [1.82, 2.24) is 0 Å². The fourth-order valence-corrected chi connectivity index (χ4v) is 1.05. The molecule has 3 heteroatoms. The SMILES string of the molecule is FCCI.IC=Cc1ccccc1. The Labute approximate surface area is 106 Å². The number of halogens is 3. The van der Waals surface area contributed by atoms with Crippen LogP contribution >= 0.6 is 45.2 Å². The van der Waals surface area contributed by atoms with E-state index in [1.54, 1.807) is 0 Å². The molecule has 0 fully saturated rings. The van der Waals surface area contributed by atoms with E-state index in [2.05, 4.69) is 40.8 Å². The highest BCUT2D eigenvalue weighted by Gasteiger charge is 1.78. The zero-order valence-corrected chi connectivity index (χ0v) is 11.4. The van der Waals surface area contributed by atoms with Crippen LogP contribution in [0, 0.1) is 0 Å². The molecule has 0 spiro atoms. The van der Waals surface area contributed by atoms with Gasteiger partial charge in [0.05, 0.1) is 6.67 Å². The second kappa shape index (κ2) is 10.4. The van der Waals surface area contributed by atoms with Crippen LogP contribution in [-0.2, 0) is 0 Å². The van der Waals surface area contributed by atoms with Crippen LogP contribution in [0.5, 0.6) is 0 Å². The predicted molar refractivity (Wildman–Crippen MR) is 74.4 cm³/mol. The van der Waals surface area contributed by atoms with Crippen LogP contribution < -0.4 is 0 Å². The van der Waals surface area contributed by atoms with Crippen molar-refractivity contribution in [3.05, 3.63) is 40.0 Å². The molecule has 1 aromatic carbocycles. The lowest BCUT2D eigenvalue weighted by Gasteiger charge is -1.86. The van der Waals surface area contributed by atoms with E-state index in [0.29, 0.717) is 4.43 Å².